The van der Waals surface area contributed by atoms with Crippen molar-refractivity contribution in [3.63, 3.8) is 0 Å². The molecule has 0 bridgehead atoms. The Labute approximate surface area is 158 Å². The average molecular weight is 369 g/mol. The van der Waals surface area contributed by atoms with E-state index in [0.717, 1.165) is 25.1 Å². The standard InChI is InChI=1S/C20H23N3O2S/c1-13-18(14(2)24)20(23-19(22-13)16-8-9-16)26-12-17(25)21-11-10-15-6-4-3-5-7-15/h3-7,16H,8-12H2,1-2H3,(H,21,25). The lowest BCUT2D eigenvalue weighted by Gasteiger charge is -2.11. The van der Waals surface area contributed by atoms with Gasteiger partial charge in [0, 0.05) is 12.5 Å². The molecule has 1 aromatic carbocycles. The number of carbonyl (C=O) groups excluding carboxylic acids is 2. The van der Waals surface area contributed by atoms with E-state index >= 15 is 0 Å². The lowest BCUT2D eigenvalue weighted by molar-refractivity contribution is -0.118. The van der Waals surface area contributed by atoms with Gasteiger partial charge in [-0.2, -0.15) is 0 Å². The molecule has 1 fully saturated rings. The first-order valence-corrected chi connectivity index (χ1v) is 9.86. The minimum absolute atomic E-state index is 0.0512. The molecule has 0 aliphatic heterocycles. The zero-order valence-corrected chi connectivity index (χ0v) is 15.9. The molecule has 3 rings (SSSR count). The monoisotopic (exact) mass is 369 g/mol. The normalized spacial score (nSPS) is 13.5. The van der Waals surface area contributed by atoms with Crippen LogP contribution in [0.25, 0.3) is 0 Å². The molecule has 1 N–H and O–H groups in total. The van der Waals surface area contributed by atoms with Gasteiger partial charge in [0.25, 0.3) is 0 Å². The molecule has 1 heterocycles. The molecule has 5 nitrogen and oxygen atoms in total. The van der Waals surface area contributed by atoms with E-state index in [1.807, 2.05) is 37.3 Å². The number of carbonyl (C=O) groups is 2. The number of Topliss-reactive ketones (excluding diaryl/α,β-unsaturated/α-hetero) is 1. The van der Waals surface area contributed by atoms with E-state index in [1.54, 1.807) is 0 Å². The van der Waals surface area contributed by atoms with Crippen molar-refractivity contribution in [1.29, 1.82) is 0 Å². The highest BCUT2D eigenvalue weighted by molar-refractivity contribution is 8.00. The number of aryl methyl sites for hydroxylation is 1. The number of hydrogen-bond donors (Lipinski definition) is 1. The summed E-state index contributed by atoms with van der Waals surface area (Å²) in [6.45, 7) is 3.96. The molecule has 0 atom stereocenters. The fourth-order valence-electron chi connectivity index (χ4n) is 2.78. The van der Waals surface area contributed by atoms with Gasteiger partial charge in [-0.1, -0.05) is 42.1 Å². The molecule has 0 radical (unpaired) electrons. The number of hydrogen-bond acceptors (Lipinski definition) is 5. The van der Waals surface area contributed by atoms with Gasteiger partial charge in [-0.3, -0.25) is 9.59 Å². The number of benzene rings is 1. The van der Waals surface area contributed by atoms with E-state index in [0.29, 0.717) is 28.7 Å². The largest absolute Gasteiger partial charge is 0.355 e. The predicted molar refractivity (Wildman–Crippen MR) is 103 cm³/mol. The third-order valence-corrected chi connectivity index (χ3v) is 5.26. The Balaban J connectivity index is 1.57. The van der Waals surface area contributed by atoms with E-state index in [4.69, 9.17) is 0 Å². The molecule has 1 aliphatic carbocycles. The molecule has 26 heavy (non-hydrogen) atoms. The summed E-state index contributed by atoms with van der Waals surface area (Å²) in [5.74, 6) is 1.35. The summed E-state index contributed by atoms with van der Waals surface area (Å²) in [7, 11) is 0. The highest BCUT2D eigenvalue weighted by atomic mass is 32.2. The fourth-order valence-corrected chi connectivity index (χ4v) is 3.74. The maximum atomic E-state index is 12.1. The van der Waals surface area contributed by atoms with Crippen LogP contribution < -0.4 is 5.32 Å². The Morgan fingerprint density at radius 1 is 1.19 bits per heavy atom. The quantitative estimate of drug-likeness (QED) is 0.439. The lowest BCUT2D eigenvalue weighted by Crippen LogP contribution is -2.27. The molecule has 6 heteroatoms. The summed E-state index contributed by atoms with van der Waals surface area (Å²) in [6.07, 6.45) is 3.00. The van der Waals surface area contributed by atoms with Crippen LogP contribution in [0.4, 0.5) is 0 Å². The average Bonchev–Trinajstić information content (AvgIpc) is 3.45. The summed E-state index contributed by atoms with van der Waals surface area (Å²) < 4.78 is 0. The van der Waals surface area contributed by atoms with Crippen LogP contribution in [-0.4, -0.2) is 34.0 Å². The first kappa shape index (κ1) is 18.6. The van der Waals surface area contributed by atoms with Crippen LogP contribution in [0, 0.1) is 6.92 Å². The van der Waals surface area contributed by atoms with Crippen LogP contribution >= 0.6 is 11.8 Å². The predicted octanol–water partition coefficient (Wildman–Crippen LogP) is 3.32. The highest BCUT2D eigenvalue weighted by Gasteiger charge is 2.29. The van der Waals surface area contributed by atoms with Gasteiger partial charge in [-0.15, -0.1) is 0 Å². The molecule has 0 unspecified atom stereocenters. The second kappa shape index (κ2) is 8.45. The smallest absolute Gasteiger partial charge is 0.230 e. The lowest BCUT2D eigenvalue weighted by atomic mass is 10.1. The third kappa shape index (κ3) is 4.91. The minimum atomic E-state index is -0.0585. The molecule has 1 amide bonds. The van der Waals surface area contributed by atoms with Gasteiger partial charge < -0.3 is 5.32 Å². The van der Waals surface area contributed by atoms with Gasteiger partial charge in [-0.25, -0.2) is 9.97 Å². The molecule has 0 saturated heterocycles. The molecule has 1 saturated carbocycles. The number of rotatable bonds is 8. The molecule has 2 aromatic rings. The van der Waals surface area contributed by atoms with Crippen molar-refractivity contribution in [2.75, 3.05) is 12.3 Å². The highest BCUT2D eigenvalue weighted by Crippen LogP contribution is 2.39. The van der Waals surface area contributed by atoms with Crippen LogP contribution in [0.3, 0.4) is 0 Å². The third-order valence-electron chi connectivity index (χ3n) is 4.29. The van der Waals surface area contributed by atoms with Crippen LogP contribution in [0.2, 0.25) is 0 Å². The summed E-state index contributed by atoms with van der Waals surface area (Å²) in [4.78, 5) is 33.2. The Hall–Kier alpha value is -2.21. The summed E-state index contributed by atoms with van der Waals surface area (Å²) >= 11 is 1.32. The molecule has 1 aromatic heterocycles. The minimum Gasteiger partial charge on any atom is -0.355 e. The Morgan fingerprint density at radius 3 is 2.58 bits per heavy atom. The molecular weight excluding hydrogens is 346 g/mol. The second-order valence-electron chi connectivity index (χ2n) is 6.55. The number of ketones is 1. The number of aromatic nitrogens is 2. The number of nitrogens with zero attached hydrogens (tertiary/aromatic N) is 2. The van der Waals surface area contributed by atoms with Crippen molar-refractivity contribution >= 4 is 23.5 Å². The van der Waals surface area contributed by atoms with Gasteiger partial charge in [-0.05, 0) is 38.7 Å². The van der Waals surface area contributed by atoms with Crippen molar-refractivity contribution in [3.05, 3.63) is 53.0 Å². The van der Waals surface area contributed by atoms with Gasteiger partial charge in [0.05, 0.1) is 17.0 Å². The summed E-state index contributed by atoms with van der Waals surface area (Å²) in [5, 5.41) is 3.56. The molecule has 0 spiro atoms. The zero-order chi connectivity index (χ0) is 18.5. The Bertz CT molecular complexity index is 804. The number of nitrogens with one attached hydrogen (secondary N) is 1. The number of amides is 1. The van der Waals surface area contributed by atoms with Gasteiger partial charge >= 0.3 is 0 Å². The van der Waals surface area contributed by atoms with Gasteiger partial charge in [0.15, 0.2) is 5.78 Å². The maximum Gasteiger partial charge on any atom is 0.230 e. The molecule has 136 valence electrons. The zero-order valence-electron chi connectivity index (χ0n) is 15.1. The second-order valence-corrected chi connectivity index (χ2v) is 7.52. The fraction of sp³-hybridized carbons (Fsp3) is 0.400. The van der Waals surface area contributed by atoms with E-state index in [9.17, 15) is 9.59 Å². The summed E-state index contributed by atoms with van der Waals surface area (Å²) in [6, 6.07) is 10.0. The van der Waals surface area contributed by atoms with Crippen molar-refractivity contribution in [1.82, 2.24) is 15.3 Å². The molecular formula is C20H23N3O2S. The van der Waals surface area contributed by atoms with Crippen molar-refractivity contribution in [2.45, 2.75) is 44.1 Å². The first-order valence-electron chi connectivity index (χ1n) is 8.87. The Morgan fingerprint density at radius 2 is 1.92 bits per heavy atom. The number of thioether (sulfide) groups is 1. The van der Waals surface area contributed by atoms with Crippen molar-refractivity contribution < 1.29 is 9.59 Å². The van der Waals surface area contributed by atoms with Crippen LogP contribution in [0.15, 0.2) is 35.4 Å². The van der Waals surface area contributed by atoms with Crippen molar-refractivity contribution in [3.8, 4) is 0 Å². The van der Waals surface area contributed by atoms with Crippen molar-refractivity contribution in [2.24, 2.45) is 0 Å². The molecule has 1 aliphatic rings. The topological polar surface area (TPSA) is 72.0 Å². The van der Waals surface area contributed by atoms with Gasteiger partial charge in [0.2, 0.25) is 5.91 Å². The van der Waals surface area contributed by atoms with Crippen LogP contribution in [-0.2, 0) is 11.2 Å². The maximum absolute atomic E-state index is 12.1. The van der Waals surface area contributed by atoms with E-state index in [2.05, 4.69) is 15.3 Å². The summed E-state index contributed by atoms with van der Waals surface area (Å²) in [5.41, 5.74) is 2.44. The Kier molecular flexibility index (Phi) is 6.04. The van der Waals surface area contributed by atoms with Crippen LogP contribution in [0.1, 0.15) is 53.1 Å². The first-order chi connectivity index (χ1) is 12.5. The SMILES string of the molecule is CC(=O)c1c(C)nc(C2CC2)nc1SCC(=O)NCCc1ccccc1. The van der Waals surface area contributed by atoms with E-state index < -0.39 is 0 Å². The van der Waals surface area contributed by atoms with Gasteiger partial charge in [0.1, 0.15) is 10.9 Å². The van der Waals surface area contributed by atoms with E-state index in [1.165, 1.54) is 24.2 Å². The van der Waals surface area contributed by atoms with Crippen LogP contribution in [0.5, 0.6) is 0 Å². The van der Waals surface area contributed by atoms with E-state index in [-0.39, 0.29) is 17.4 Å².